The van der Waals surface area contributed by atoms with E-state index in [1.165, 1.54) is 25.7 Å². The van der Waals surface area contributed by atoms with Crippen LogP contribution in [0.5, 0.6) is 0 Å². The number of carbonyl (C=O) groups is 1. The highest BCUT2D eigenvalue weighted by Crippen LogP contribution is 2.26. The van der Waals surface area contributed by atoms with E-state index in [9.17, 15) is 4.79 Å². The molecule has 0 aliphatic heterocycles. The monoisotopic (exact) mass is 265 g/mol. The van der Waals surface area contributed by atoms with Crippen molar-refractivity contribution in [3.63, 3.8) is 0 Å². The Bertz CT molecular complexity index is 316. The van der Waals surface area contributed by atoms with Crippen LogP contribution in [0.15, 0.2) is 0 Å². The van der Waals surface area contributed by atoms with E-state index in [0.717, 1.165) is 12.5 Å². The van der Waals surface area contributed by atoms with Gasteiger partial charge in [-0.15, -0.1) is 0 Å². The van der Waals surface area contributed by atoms with Crippen molar-refractivity contribution in [2.45, 2.75) is 51.5 Å². The molecule has 1 aliphatic carbocycles. The summed E-state index contributed by atoms with van der Waals surface area (Å²) < 4.78 is 0. The Hall–Kier alpha value is -1.08. The molecule has 0 spiro atoms. The van der Waals surface area contributed by atoms with E-state index in [2.05, 4.69) is 24.9 Å². The van der Waals surface area contributed by atoms with Crippen LogP contribution in [0.2, 0.25) is 0 Å². The highest BCUT2D eigenvalue weighted by Gasteiger charge is 2.22. The average molecular weight is 265 g/mol. The molecule has 0 saturated heterocycles. The molecule has 0 heterocycles. The van der Waals surface area contributed by atoms with Gasteiger partial charge < -0.3 is 9.80 Å². The van der Waals surface area contributed by atoms with Gasteiger partial charge in [-0.3, -0.25) is 4.79 Å². The maximum absolute atomic E-state index is 11.9. The topological polar surface area (TPSA) is 47.3 Å². The molecule has 0 atom stereocenters. The van der Waals surface area contributed by atoms with Gasteiger partial charge >= 0.3 is 0 Å². The number of hydrogen-bond acceptors (Lipinski definition) is 3. The van der Waals surface area contributed by atoms with Crippen molar-refractivity contribution in [3.05, 3.63) is 0 Å². The van der Waals surface area contributed by atoms with Crippen LogP contribution in [0, 0.1) is 17.2 Å². The fourth-order valence-corrected chi connectivity index (χ4v) is 2.67. The zero-order valence-electron chi connectivity index (χ0n) is 12.6. The van der Waals surface area contributed by atoms with E-state index in [-0.39, 0.29) is 5.91 Å². The number of rotatable bonds is 6. The lowest BCUT2D eigenvalue weighted by Crippen LogP contribution is -2.38. The Morgan fingerprint density at radius 1 is 1.21 bits per heavy atom. The summed E-state index contributed by atoms with van der Waals surface area (Å²) in [6, 6.07) is 2.72. The Kier molecular flexibility index (Phi) is 6.86. The standard InChI is InChI=1S/C15H27N3O/c1-13-5-7-14(8-6-13)17(2)12-9-15(19)18(3)11-4-10-16/h13-14H,4-9,11-12H2,1-3H3. The van der Waals surface area contributed by atoms with E-state index in [4.69, 9.17) is 5.26 Å². The molecule has 1 saturated carbocycles. The fraction of sp³-hybridized carbons (Fsp3) is 0.867. The molecule has 1 fully saturated rings. The first-order valence-corrected chi connectivity index (χ1v) is 7.35. The van der Waals surface area contributed by atoms with Crippen LogP contribution in [0.3, 0.4) is 0 Å². The summed E-state index contributed by atoms with van der Waals surface area (Å²) in [5.41, 5.74) is 0. The molecule has 0 unspecified atom stereocenters. The maximum atomic E-state index is 11.9. The zero-order chi connectivity index (χ0) is 14.3. The second-order valence-electron chi connectivity index (χ2n) is 5.87. The second kappa shape index (κ2) is 8.16. The largest absolute Gasteiger partial charge is 0.345 e. The van der Waals surface area contributed by atoms with Gasteiger partial charge in [-0.05, 0) is 38.6 Å². The van der Waals surface area contributed by atoms with E-state index >= 15 is 0 Å². The first-order valence-electron chi connectivity index (χ1n) is 7.35. The van der Waals surface area contributed by atoms with E-state index in [1.807, 2.05) is 0 Å². The average Bonchev–Trinajstić information content (AvgIpc) is 2.42. The van der Waals surface area contributed by atoms with Gasteiger partial charge in [0.2, 0.25) is 5.91 Å². The van der Waals surface area contributed by atoms with Crippen LogP contribution in [-0.4, -0.2) is 48.9 Å². The zero-order valence-corrected chi connectivity index (χ0v) is 12.6. The molecule has 108 valence electrons. The van der Waals surface area contributed by atoms with Crippen LogP contribution in [0.25, 0.3) is 0 Å². The highest BCUT2D eigenvalue weighted by atomic mass is 16.2. The molecule has 0 N–H and O–H groups in total. The quantitative estimate of drug-likeness (QED) is 0.740. The number of nitrogens with zero attached hydrogens (tertiary/aromatic N) is 3. The van der Waals surface area contributed by atoms with E-state index in [0.29, 0.717) is 25.4 Å². The number of carbonyl (C=O) groups excluding carboxylic acids is 1. The third-order valence-electron chi connectivity index (χ3n) is 4.27. The van der Waals surface area contributed by atoms with Gasteiger partial charge in [-0.2, -0.15) is 5.26 Å². The number of nitriles is 1. The van der Waals surface area contributed by atoms with Crippen molar-refractivity contribution < 1.29 is 4.79 Å². The first kappa shape index (κ1) is 16.0. The van der Waals surface area contributed by atoms with Crippen molar-refractivity contribution in [3.8, 4) is 6.07 Å². The minimum atomic E-state index is 0.145. The van der Waals surface area contributed by atoms with Crippen molar-refractivity contribution in [2.24, 2.45) is 5.92 Å². The summed E-state index contributed by atoms with van der Waals surface area (Å²) in [6.45, 7) is 3.69. The van der Waals surface area contributed by atoms with Crippen molar-refractivity contribution in [1.82, 2.24) is 9.80 Å². The van der Waals surface area contributed by atoms with Crippen LogP contribution in [0.4, 0.5) is 0 Å². The lowest BCUT2D eigenvalue weighted by atomic mass is 9.87. The molecule has 0 aromatic heterocycles. The Morgan fingerprint density at radius 3 is 2.42 bits per heavy atom. The van der Waals surface area contributed by atoms with Crippen molar-refractivity contribution >= 4 is 5.91 Å². The maximum Gasteiger partial charge on any atom is 0.223 e. The van der Waals surface area contributed by atoms with E-state index in [1.54, 1.807) is 11.9 Å². The fourth-order valence-electron chi connectivity index (χ4n) is 2.67. The molecule has 0 radical (unpaired) electrons. The predicted molar refractivity (Wildman–Crippen MR) is 76.5 cm³/mol. The second-order valence-corrected chi connectivity index (χ2v) is 5.87. The van der Waals surface area contributed by atoms with Crippen molar-refractivity contribution in [1.29, 1.82) is 5.26 Å². The molecule has 0 aromatic rings. The SMILES string of the molecule is CC1CCC(N(C)CCC(=O)N(C)CCC#N)CC1. The number of hydrogen-bond donors (Lipinski definition) is 0. The normalized spacial score (nSPS) is 23.1. The Balaban J connectivity index is 2.24. The molecule has 4 nitrogen and oxygen atoms in total. The summed E-state index contributed by atoms with van der Waals surface area (Å²) in [6.07, 6.45) is 6.12. The van der Waals surface area contributed by atoms with Gasteiger partial charge in [0.05, 0.1) is 12.5 Å². The number of amides is 1. The lowest BCUT2D eigenvalue weighted by Gasteiger charge is -2.33. The van der Waals surface area contributed by atoms with Gasteiger partial charge in [0.15, 0.2) is 0 Å². The summed E-state index contributed by atoms with van der Waals surface area (Å²) in [5, 5.41) is 8.51. The van der Waals surface area contributed by atoms with Gasteiger partial charge in [-0.1, -0.05) is 6.92 Å². The third-order valence-corrected chi connectivity index (χ3v) is 4.27. The van der Waals surface area contributed by atoms with Crippen LogP contribution in [-0.2, 0) is 4.79 Å². The lowest BCUT2D eigenvalue weighted by molar-refractivity contribution is -0.130. The van der Waals surface area contributed by atoms with Gasteiger partial charge in [0.1, 0.15) is 0 Å². The van der Waals surface area contributed by atoms with Crippen LogP contribution in [0.1, 0.15) is 45.4 Å². The molecular weight excluding hydrogens is 238 g/mol. The van der Waals surface area contributed by atoms with Crippen LogP contribution >= 0.6 is 0 Å². The summed E-state index contributed by atoms with van der Waals surface area (Å²) in [5.74, 6) is 1.01. The molecule has 19 heavy (non-hydrogen) atoms. The molecular formula is C15H27N3O. The van der Waals surface area contributed by atoms with Gasteiger partial charge in [-0.25, -0.2) is 0 Å². The van der Waals surface area contributed by atoms with E-state index < -0.39 is 0 Å². The summed E-state index contributed by atoms with van der Waals surface area (Å²) in [4.78, 5) is 15.9. The predicted octanol–water partition coefficient (Wildman–Crippen LogP) is 2.26. The Labute approximate surface area is 117 Å². The molecule has 0 aromatic carbocycles. The molecule has 1 amide bonds. The minimum Gasteiger partial charge on any atom is -0.345 e. The first-order chi connectivity index (χ1) is 9.04. The molecule has 0 bridgehead atoms. The third kappa shape index (κ3) is 5.61. The van der Waals surface area contributed by atoms with Crippen molar-refractivity contribution in [2.75, 3.05) is 27.2 Å². The van der Waals surface area contributed by atoms with Gasteiger partial charge in [0, 0.05) is 32.6 Å². The smallest absolute Gasteiger partial charge is 0.223 e. The van der Waals surface area contributed by atoms with Crippen LogP contribution < -0.4 is 0 Å². The van der Waals surface area contributed by atoms with Gasteiger partial charge in [0.25, 0.3) is 0 Å². The summed E-state index contributed by atoms with van der Waals surface area (Å²) >= 11 is 0. The molecule has 1 aliphatic rings. The Morgan fingerprint density at radius 2 is 1.84 bits per heavy atom. The minimum absolute atomic E-state index is 0.145. The molecule has 4 heteroatoms. The summed E-state index contributed by atoms with van der Waals surface area (Å²) in [7, 11) is 3.91. The molecule has 1 rings (SSSR count). The highest BCUT2D eigenvalue weighted by molar-refractivity contribution is 5.76.